The van der Waals surface area contributed by atoms with Gasteiger partial charge < -0.3 is 18.8 Å². The van der Waals surface area contributed by atoms with E-state index in [1.165, 1.54) is 23.6 Å². The van der Waals surface area contributed by atoms with Gasteiger partial charge in [-0.05, 0) is 51.5 Å². The van der Waals surface area contributed by atoms with Gasteiger partial charge in [-0.1, -0.05) is 10.3 Å². The maximum Gasteiger partial charge on any atom is 0.267 e. The third-order valence-corrected chi connectivity index (χ3v) is 7.06. The van der Waals surface area contributed by atoms with Crippen LogP contribution in [0.25, 0.3) is 0 Å². The highest BCUT2D eigenvalue weighted by molar-refractivity contribution is 9.10. The number of fused-ring (bicyclic) bond motifs is 1. The van der Waals surface area contributed by atoms with Gasteiger partial charge in [0, 0.05) is 6.07 Å². The van der Waals surface area contributed by atoms with E-state index < -0.39 is 10.0 Å². The van der Waals surface area contributed by atoms with Gasteiger partial charge in [0.15, 0.2) is 22.2 Å². The van der Waals surface area contributed by atoms with Crippen molar-refractivity contribution in [2.45, 2.75) is 11.8 Å². The van der Waals surface area contributed by atoms with Crippen molar-refractivity contribution in [2.24, 2.45) is 5.10 Å². The van der Waals surface area contributed by atoms with Gasteiger partial charge in [-0.25, -0.2) is 17.9 Å². The van der Waals surface area contributed by atoms with E-state index >= 15 is 0 Å². The molecule has 30 heavy (non-hydrogen) atoms. The van der Waals surface area contributed by atoms with Crippen LogP contribution in [0.5, 0.6) is 17.2 Å². The number of aryl methyl sites for hydroxylation is 1. The minimum atomic E-state index is -4.13. The van der Waals surface area contributed by atoms with Gasteiger partial charge in [-0.15, -0.1) is 11.3 Å². The standard InChI is InChI=1S/C16H11BrN4O7S2/c1-9-14(17)15(27-19-9)20-30(23,24)13-4-5-29-16(13)21(18-7-22)28-10-2-3-11-12(6-10)26-8-25-11/h2-6,20H,8H2,1H3. The number of hydrogen-bond acceptors (Lipinski definition) is 11. The molecule has 1 aromatic carbocycles. The first-order valence-corrected chi connectivity index (χ1v) is 11.2. The lowest BCUT2D eigenvalue weighted by molar-refractivity contribution is 0.173. The molecule has 1 N–H and O–H groups in total. The highest BCUT2D eigenvalue weighted by atomic mass is 79.9. The topological polar surface area (TPSA) is 133 Å². The Labute approximate surface area is 181 Å². The van der Waals surface area contributed by atoms with E-state index in [0.29, 0.717) is 21.7 Å². The second kappa shape index (κ2) is 7.99. The molecule has 11 nitrogen and oxygen atoms in total. The second-order valence-electron chi connectivity index (χ2n) is 5.68. The molecule has 0 saturated carbocycles. The molecule has 14 heteroatoms. The van der Waals surface area contributed by atoms with Crippen LogP contribution in [0.4, 0.5) is 10.9 Å². The van der Waals surface area contributed by atoms with Gasteiger partial charge in [-0.2, -0.15) is 0 Å². The minimum Gasteiger partial charge on any atom is -0.454 e. The summed E-state index contributed by atoms with van der Waals surface area (Å²) < 4.78 is 43.9. The van der Waals surface area contributed by atoms with Crippen molar-refractivity contribution in [1.29, 1.82) is 0 Å². The van der Waals surface area contributed by atoms with E-state index in [1.54, 1.807) is 19.1 Å². The summed E-state index contributed by atoms with van der Waals surface area (Å²) in [6.45, 7) is 1.71. The summed E-state index contributed by atoms with van der Waals surface area (Å²) in [6.07, 6.45) is 1.34. The molecule has 0 atom stereocenters. The molecule has 0 spiro atoms. The van der Waals surface area contributed by atoms with Gasteiger partial charge in [0.2, 0.25) is 6.79 Å². The Morgan fingerprint density at radius 1 is 1.33 bits per heavy atom. The first-order chi connectivity index (χ1) is 14.4. The van der Waals surface area contributed by atoms with Gasteiger partial charge in [-0.3, -0.25) is 0 Å². The molecule has 1 aliphatic rings. The highest BCUT2D eigenvalue weighted by Crippen LogP contribution is 2.38. The number of thiophene rings is 1. The third-order valence-electron chi connectivity index (χ3n) is 3.76. The Morgan fingerprint density at radius 3 is 2.87 bits per heavy atom. The van der Waals surface area contributed by atoms with Crippen LogP contribution in [0.2, 0.25) is 0 Å². The maximum atomic E-state index is 12.9. The van der Waals surface area contributed by atoms with E-state index in [9.17, 15) is 13.2 Å². The summed E-state index contributed by atoms with van der Waals surface area (Å²) in [4.78, 5) is 16.3. The average Bonchev–Trinajstić information content (AvgIpc) is 3.44. The normalized spacial score (nSPS) is 12.3. The number of isocyanates is 1. The number of anilines is 2. The highest BCUT2D eigenvalue weighted by Gasteiger charge is 2.28. The molecule has 0 amide bonds. The Bertz CT molecular complexity index is 1250. The van der Waals surface area contributed by atoms with Crippen LogP contribution in [-0.4, -0.2) is 26.4 Å². The first-order valence-electron chi connectivity index (χ1n) is 8.06. The predicted octanol–water partition coefficient (Wildman–Crippen LogP) is 3.39. The lowest BCUT2D eigenvalue weighted by Gasteiger charge is -2.17. The van der Waals surface area contributed by atoms with E-state index in [-0.39, 0.29) is 28.3 Å². The van der Waals surface area contributed by atoms with Crippen molar-refractivity contribution >= 4 is 54.3 Å². The Balaban J connectivity index is 1.65. The van der Waals surface area contributed by atoms with Crippen LogP contribution < -0.4 is 24.2 Å². The Kier molecular flexibility index (Phi) is 5.39. The molecule has 0 bridgehead atoms. The van der Waals surface area contributed by atoms with E-state index in [4.69, 9.17) is 18.8 Å². The fourth-order valence-electron chi connectivity index (χ4n) is 2.41. The number of benzene rings is 1. The zero-order valence-corrected chi connectivity index (χ0v) is 18.2. The fourth-order valence-corrected chi connectivity index (χ4v) is 5.08. The van der Waals surface area contributed by atoms with Crippen molar-refractivity contribution in [3.63, 3.8) is 0 Å². The molecule has 1 aliphatic heterocycles. The molecule has 4 rings (SSSR count). The number of nitrogens with zero attached hydrogens (tertiary/aromatic N) is 3. The van der Waals surface area contributed by atoms with E-state index in [1.807, 2.05) is 0 Å². The number of sulfonamides is 1. The number of halogens is 1. The second-order valence-corrected chi connectivity index (χ2v) is 9.02. The van der Waals surface area contributed by atoms with Gasteiger partial charge in [0.1, 0.15) is 9.37 Å². The molecule has 156 valence electrons. The largest absolute Gasteiger partial charge is 0.454 e. The van der Waals surface area contributed by atoms with Crippen LogP contribution in [0.3, 0.4) is 0 Å². The Morgan fingerprint density at radius 2 is 2.13 bits per heavy atom. The number of carbonyl (C=O) groups excluding carboxylic acids is 1. The van der Waals surface area contributed by atoms with Crippen molar-refractivity contribution < 1.29 is 32.0 Å². The fraction of sp³-hybridized carbons (Fsp3) is 0.125. The first kappa shape index (κ1) is 20.2. The van der Waals surface area contributed by atoms with E-state index in [2.05, 4.69) is 30.9 Å². The molecule has 3 heterocycles. The predicted molar refractivity (Wildman–Crippen MR) is 108 cm³/mol. The van der Waals surface area contributed by atoms with Crippen LogP contribution >= 0.6 is 27.3 Å². The van der Waals surface area contributed by atoms with Crippen molar-refractivity contribution in [1.82, 2.24) is 5.16 Å². The maximum absolute atomic E-state index is 12.9. The summed E-state index contributed by atoms with van der Waals surface area (Å²) >= 11 is 4.18. The SMILES string of the molecule is Cc1noc(NS(=O)(=O)c2ccsc2N(N=C=O)Oc2ccc3c(c2)OCO3)c1Br. The van der Waals surface area contributed by atoms with Crippen molar-refractivity contribution in [2.75, 3.05) is 16.7 Å². The van der Waals surface area contributed by atoms with E-state index in [0.717, 1.165) is 16.5 Å². The van der Waals surface area contributed by atoms with Crippen LogP contribution in [0, 0.1) is 6.92 Å². The molecule has 0 radical (unpaired) electrons. The number of rotatable bonds is 7. The Hall–Kier alpha value is -3.06. The number of ether oxygens (including phenoxy) is 2. The molecule has 0 saturated heterocycles. The lowest BCUT2D eigenvalue weighted by atomic mass is 10.3. The summed E-state index contributed by atoms with van der Waals surface area (Å²) in [5.74, 6) is 1.11. The molecular formula is C16H11BrN4O7S2. The third kappa shape index (κ3) is 3.85. The summed E-state index contributed by atoms with van der Waals surface area (Å²) in [5, 5.41) is 9.41. The molecule has 2 aromatic heterocycles. The monoisotopic (exact) mass is 514 g/mol. The summed E-state index contributed by atoms with van der Waals surface area (Å²) in [7, 11) is -4.13. The zero-order valence-electron chi connectivity index (χ0n) is 15.0. The number of hydrogen-bond donors (Lipinski definition) is 1. The van der Waals surface area contributed by atoms with Crippen molar-refractivity contribution in [3.05, 3.63) is 39.8 Å². The number of aromatic nitrogens is 1. The molecular weight excluding hydrogens is 504 g/mol. The van der Waals surface area contributed by atoms with Crippen LogP contribution in [-0.2, 0) is 14.8 Å². The van der Waals surface area contributed by atoms with Gasteiger partial charge in [0.25, 0.3) is 22.0 Å². The quantitative estimate of drug-likeness (QED) is 0.286. The minimum absolute atomic E-state index is 0.0101. The summed E-state index contributed by atoms with van der Waals surface area (Å²) in [5.41, 5.74) is 0.469. The molecule has 0 fully saturated rings. The smallest absolute Gasteiger partial charge is 0.267 e. The van der Waals surface area contributed by atoms with Gasteiger partial charge in [0.05, 0.1) is 5.69 Å². The summed E-state index contributed by atoms with van der Waals surface area (Å²) in [6, 6.07) is 6.01. The lowest BCUT2D eigenvalue weighted by Crippen LogP contribution is -2.23. The molecule has 3 aromatic rings. The van der Waals surface area contributed by atoms with Crippen LogP contribution in [0.15, 0.2) is 48.6 Å². The van der Waals surface area contributed by atoms with Gasteiger partial charge >= 0.3 is 0 Å². The number of nitrogens with one attached hydrogen (secondary N) is 1. The molecule has 0 aliphatic carbocycles. The number of hydrazone groups is 1. The average molecular weight is 515 g/mol. The molecule has 0 unspecified atom stereocenters. The zero-order chi connectivity index (χ0) is 21.3. The van der Waals surface area contributed by atoms with Crippen molar-refractivity contribution in [3.8, 4) is 17.2 Å². The van der Waals surface area contributed by atoms with Crippen LogP contribution in [0.1, 0.15) is 5.69 Å².